The normalized spacial score (nSPS) is 18.6. The average Bonchev–Trinajstić information content (AvgIpc) is 2.99. The minimum absolute atomic E-state index is 0.0465. The summed E-state index contributed by atoms with van der Waals surface area (Å²) in [4.78, 5) is 19.0. The van der Waals surface area contributed by atoms with E-state index >= 15 is 0 Å². The number of hydrogen-bond donors (Lipinski definition) is 0. The van der Waals surface area contributed by atoms with Crippen LogP contribution in [0.1, 0.15) is 18.9 Å². The van der Waals surface area contributed by atoms with Gasteiger partial charge in [0.05, 0.1) is 34.9 Å². The summed E-state index contributed by atoms with van der Waals surface area (Å²) in [6.07, 6.45) is 0.527. The van der Waals surface area contributed by atoms with E-state index in [9.17, 15) is 13.2 Å². The fraction of sp³-hybridized carbons (Fsp3) is 0.474. The number of carbonyl (C=O) groups is 1. The van der Waals surface area contributed by atoms with Crippen molar-refractivity contribution in [2.45, 2.75) is 31.3 Å². The average molecular weight is 409 g/mol. The molecule has 0 N–H and O–H groups in total. The Morgan fingerprint density at radius 3 is 2.78 bits per heavy atom. The van der Waals surface area contributed by atoms with E-state index in [2.05, 4.69) is 4.98 Å². The number of benzene rings is 1. The molecular weight excluding hydrogens is 384 g/mol. The van der Waals surface area contributed by atoms with Crippen LogP contribution in [0.2, 0.25) is 0 Å². The maximum absolute atomic E-state index is 12.7. The Morgan fingerprint density at radius 2 is 2.15 bits per heavy atom. The number of ether oxygens (including phenoxy) is 1. The lowest BCUT2D eigenvalue weighted by molar-refractivity contribution is -0.129. The molecule has 0 saturated carbocycles. The maximum Gasteiger partial charge on any atom is 0.233 e. The summed E-state index contributed by atoms with van der Waals surface area (Å²) in [6, 6.07) is 7.54. The molecule has 27 heavy (non-hydrogen) atoms. The third-order valence-corrected chi connectivity index (χ3v) is 7.50. The Kier molecular flexibility index (Phi) is 5.95. The number of aromatic nitrogens is 1. The number of hydrogen-bond acceptors (Lipinski definition) is 6. The topological polar surface area (TPSA) is 76.6 Å². The number of aryl methyl sites for hydroxylation is 1. The summed E-state index contributed by atoms with van der Waals surface area (Å²) < 4.78 is 28.7. The van der Waals surface area contributed by atoms with Crippen molar-refractivity contribution in [3.63, 3.8) is 0 Å². The van der Waals surface area contributed by atoms with Crippen molar-refractivity contribution in [3.05, 3.63) is 29.8 Å². The van der Waals surface area contributed by atoms with Crippen LogP contribution in [0.25, 0.3) is 10.9 Å². The Bertz CT molecular complexity index is 960. The Balaban J connectivity index is 1.72. The van der Waals surface area contributed by atoms with Crippen molar-refractivity contribution in [2.75, 3.05) is 30.9 Å². The molecular formula is C19H24N2O4S2. The number of nitrogens with zero attached hydrogens (tertiary/aromatic N) is 2. The van der Waals surface area contributed by atoms with Gasteiger partial charge in [-0.1, -0.05) is 11.8 Å². The second kappa shape index (κ2) is 8.06. The van der Waals surface area contributed by atoms with Gasteiger partial charge in [-0.2, -0.15) is 0 Å². The van der Waals surface area contributed by atoms with E-state index in [-0.39, 0.29) is 29.2 Å². The number of amides is 1. The zero-order chi connectivity index (χ0) is 19.6. The number of pyridine rings is 1. The first-order chi connectivity index (χ1) is 12.8. The SMILES string of the molecule is CCN(C(=O)CSc1cc(C)c2ccc(OC)cc2n1)[C@@H]1CCS(=O)(=O)C1. The summed E-state index contributed by atoms with van der Waals surface area (Å²) in [6.45, 7) is 4.42. The van der Waals surface area contributed by atoms with Crippen LogP contribution in [-0.2, 0) is 14.6 Å². The number of methoxy groups -OCH3 is 1. The van der Waals surface area contributed by atoms with Crippen LogP contribution in [0, 0.1) is 6.92 Å². The number of fused-ring (bicyclic) bond motifs is 1. The zero-order valence-electron chi connectivity index (χ0n) is 15.8. The largest absolute Gasteiger partial charge is 0.497 e. The van der Waals surface area contributed by atoms with Crippen LogP contribution in [0.5, 0.6) is 5.75 Å². The van der Waals surface area contributed by atoms with Crippen molar-refractivity contribution < 1.29 is 17.9 Å². The van der Waals surface area contributed by atoms with Crippen LogP contribution in [-0.4, -0.2) is 61.2 Å². The molecule has 0 spiro atoms. The monoisotopic (exact) mass is 408 g/mol. The van der Waals surface area contributed by atoms with Gasteiger partial charge in [0.1, 0.15) is 5.75 Å². The van der Waals surface area contributed by atoms with Gasteiger partial charge in [0.15, 0.2) is 9.84 Å². The number of sulfone groups is 1. The molecule has 8 heteroatoms. The van der Waals surface area contributed by atoms with Crippen LogP contribution >= 0.6 is 11.8 Å². The van der Waals surface area contributed by atoms with Gasteiger partial charge in [-0.05, 0) is 44.0 Å². The molecule has 0 aliphatic carbocycles. The van der Waals surface area contributed by atoms with Crippen LogP contribution < -0.4 is 4.74 Å². The van der Waals surface area contributed by atoms with Crippen molar-refractivity contribution in [3.8, 4) is 5.75 Å². The maximum atomic E-state index is 12.7. The van der Waals surface area contributed by atoms with Crippen molar-refractivity contribution >= 4 is 38.4 Å². The highest BCUT2D eigenvalue weighted by Gasteiger charge is 2.33. The molecule has 0 unspecified atom stereocenters. The van der Waals surface area contributed by atoms with Crippen LogP contribution in [0.3, 0.4) is 0 Å². The van der Waals surface area contributed by atoms with Crippen LogP contribution in [0.4, 0.5) is 0 Å². The van der Waals surface area contributed by atoms with E-state index in [1.54, 1.807) is 12.0 Å². The summed E-state index contributed by atoms with van der Waals surface area (Å²) in [5.74, 6) is 1.18. The molecule has 1 aromatic carbocycles. The van der Waals surface area contributed by atoms with E-state index in [0.29, 0.717) is 13.0 Å². The van der Waals surface area contributed by atoms with E-state index in [0.717, 1.165) is 27.2 Å². The smallest absolute Gasteiger partial charge is 0.233 e. The van der Waals surface area contributed by atoms with E-state index in [4.69, 9.17) is 4.74 Å². The molecule has 6 nitrogen and oxygen atoms in total. The minimum Gasteiger partial charge on any atom is -0.497 e. The highest BCUT2D eigenvalue weighted by Crippen LogP contribution is 2.27. The second-order valence-electron chi connectivity index (χ2n) is 6.69. The molecule has 1 aliphatic heterocycles. The summed E-state index contributed by atoms with van der Waals surface area (Å²) in [5, 5.41) is 1.83. The number of thioether (sulfide) groups is 1. The fourth-order valence-corrected chi connectivity index (χ4v) is 6.02. The predicted molar refractivity (Wildman–Crippen MR) is 108 cm³/mol. The fourth-order valence-electron chi connectivity index (χ4n) is 3.43. The molecule has 1 atom stereocenters. The molecule has 1 aromatic heterocycles. The molecule has 1 fully saturated rings. The first-order valence-corrected chi connectivity index (χ1v) is 11.7. The molecule has 2 aromatic rings. The summed E-state index contributed by atoms with van der Waals surface area (Å²) >= 11 is 1.38. The van der Waals surface area contributed by atoms with Crippen molar-refractivity contribution in [2.24, 2.45) is 0 Å². The molecule has 1 aliphatic rings. The van der Waals surface area contributed by atoms with Crippen molar-refractivity contribution in [1.82, 2.24) is 9.88 Å². The molecule has 1 amide bonds. The summed E-state index contributed by atoms with van der Waals surface area (Å²) in [5.41, 5.74) is 1.92. The molecule has 2 heterocycles. The van der Waals surface area contributed by atoms with Gasteiger partial charge in [-0.25, -0.2) is 13.4 Å². The second-order valence-corrected chi connectivity index (χ2v) is 9.91. The summed E-state index contributed by atoms with van der Waals surface area (Å²) in [7, 11) is -1.39. The van der Waals surface area contributed by atoms with Crippen LogP contribution in [0.15, 0.2) is 29.3 Å². The van der Waals surface area contributed by atoms with Gasteiger partial charge in [-0.15, -0.1) is 0 Å². The first-order valence-electron chi connectivity index (χ1n) is 8.91. The minimum atomic E-state index is -3.01. The molecule has 1 saturated heterocycles. The standard InChI is InChI=1S/C19H24N2O4S2/c1-4-21(14-7-8-27(23,24)12-14)19(22)11-26-18-9-13(2)16-6-5-15(25-3)10-17(16)20-18/h5-6,9-10,14H,4,7-8,11-12H2,1-3H3/t14-/m1/s1. The van der Waals surface area contributed by atoms with E-state index in [1.807, 2.05) is 38.1 Å². The van der Waals surface area contributed by atoms with Crippen molar-refractivity contribution in [1.29, 1.82) is 0 Å². The number of carbonyl (C=O) groups excluding carboxylic acids is 1. The van der Waals surface area contributed by atoms with Gasteiger partial charge in [-0.3, -0.25) is 4.79 Å². The first kappa shape index (κ1) is 19.9. The lowest BCUT2D eigenvalue weighted by atomic mass is 10.1. The third kappa shape index (κ3) is 4.55. The molecule has 3 rings (SSSR count). The third-order valence-electron chi connectivity index (χ3n) is 4.85. The highest BCUT2D eigenvalue weighted by molar-refractivity contribution is 7.99. The number of rotatable bonds is 6. The molecule has 0 radical (unpaired) electrons. The highest BCUT2D eigenvalue weighted by atomic mass is 32.2. The molecule has 146 valence electrons. The lowest BCUT2D eigenvalue weighted by Gasteiger charge is -2.26. The predicted octanol–water partition coefficient (Wildman–Crippen LogP) is 2.68. The Labute approximate surface area is 164 Å². The Hall–Kier alpha value is -1.80. The van der Waals surface area contributed by atoms with E-state index in [1.165, 1.54) is 11.8 Å². The lowest BCUT2D eigenvalue weighted by Crippen LogP contribution is -2.41. The van der Waals surface area contributed by atoms with E-state index < -0.39 is 9.84 Å². The Morgan fingerprint density at radius 1 is 1.37 bits per heavy atom. The van der Waals surface area contributed by atoms with Gasteiger partial charge in [0.25, 0.3) is 0 Å². The van der Waals surface area contributed by atoms with Gasteiger partial charge in [0.2, 0.25) is 5.91 Å². The van der Waals surface area contributed by atoms with Gasteiger partial charge < -0.3 is 9.64 Å². The molecule has 0 bridgehead atoms. The quantitative estimate of drug-likeness (QED) is 0.684. The van der Waals surface area contributed by atoms with Gasteiger partial charge >= 0.3 is 0 Å². The van der Waals surface area contributed by atoms with Gasteiger partial charge in [0, 0.05) is 24.0 Å². The zero-order valence-corrected chi connectivity index (χ0v) is 17.4.